The van der Waals surface area contributed by atoms with Gasteiger partial charge in [-0.05, 0) is 69.6 Å². The van der Waals surface area contributed by atoms with Crippen molar-refractivity contribution in [2.24, 2.45) is 11.8 Å². The second-order valence-electron chi connectivity index (χ2n) is 10.8. The Kier molecular flexibility index (Phi) is 5.97. The van der Waals surface area contributed by atoms with Crippen LogP contribution in [0.5, 0.6) is 0 Å². The molecule has 188 valence electrons. The molecule has 3 aromatic rings. The van der Waals surface area contributed by atoms with Gasteiger partial charge in [0.2, 0.25) is 5.91 Å². The van der Waals surface area contributed by atoms with Crippen LogP contribution < -0.4 is 0 Å². The van der Waals surface area contributed by atoms with E-state index in [1.807, 2.05) is 41.0 Å². The molecule has 3 fully saturated rings. The highest BCUT2D eigenvalue weighted by Gasteiger charge is 2.34. The Morgan fingerprint density at radius 3 is 2.33 bits per heavy atom. The van der Waals surface area contributed by atoms with Crippen LogP contribution in [-0.2, 0) is 4.79 Å². The fraction of sp³-hybridized carbons (Fsp3) is 0.536. The lowest BCUT2D eigenvalue weighted by Crippen LogP contribution is -2.46. The van der Waals surface area contributed by atoms with Crippen LogP contribution in [0.4, 0.5) is 0 Å². The molecule has 2 aliphatic heterocycles. The topological polar surface area (TPSA) is 84.2 Å². The van der Waals surface area contributed by atoms with Crippen molar-refractivity contribution in [3.63, 3.8) is 0 Å². The summed E-state index contributed by atoms with van der Waals surface area (Å²) in [6, 6.07) is 7.70. The van der Waals surface area contributed by atoms with Crippen LogP contribution in [0.3, 0.4) is 0 Å². The summed E-state index contributed by atoms with van der Waals surface area (Å²) in [6.07, 6.45) is 7.59. The summed E-state index contributed by atoms with van der Waals surface area (Å²) in [7, 11) is 0. The molecule has 8 heteroatoms. The van der Waals surface area contributed by atoms with E-state index in [2.05, 4.69) is 11.9 Å². The summed E-state index contributed by atoms with van der Waals surface area (Å²) in [5, 5.41) is 5.53. The minimum Gasteiger partial charge on any atom is -0.342 e. The van der Waals surface area contributed by atoms with Crippen molar-refractivity contribution in [3.8, 4) is 5.82 Å². The monoisotopic (exact) mass is 486 g/mol. The molecule has 1 aliphatic carbocycles. The third-order valence-corrected chi connectivity index (χ3v) is 8.15. The predicted molar refractivity (Wildman–Crippen MR) is 137 cm³/mol. The number of amides is 2. The molecule has 0 spiro atoms. The van der Waals surface area contributed by atoms with Gasteiger partial charge in [0.1, 0.15) is 0 Å². The van der Waals surface area contributed by atoms with Gasteiger partial charge in [-0.3, -0.25) is 9.59 Å². The molecule has 0 radical (unpaired) electrons. The van der Waals surface area contributed by atoms with Crippen molar-refractivity contribution in [2.45, 2.75) is 58.3 Å². The van der Waals surface area contributed by atoms with Gasteiger partial charge in [-0.15, -0.1) is 0 Å². The first-order chi connectivity index (χ1) is 17.5. The van der Waals surface area contributed by atoms with Crippen LogP contribution in [0.1, 0.15) is 73.1 Å². The van der Waals surface area contributed by atoms with Crippen LogP contribution in [0.2, 0.25) is 0 Å². The molecule has 36 heavy (non-hydrogen) atoms. The molecular weight excluding hydrogens is 452 g/mol. The molecule has 0 bridgehead atoms. The molecule has 0 unspecified atom stereocenters. The van der Waals surface area contributed by atoms with E-state index in [1.165, 1.54) is 0 Å². The highest BCUT2D eigenvalue weighted by Crippen LogP contribution is 2.41. The maximum atomic E-state index is 13.9. The van der Waals surface area contributed by atoms with Crippen molar-refractivity contribution in [3.05, 3.63) is 47.4 Å². The number of likely N-dealkylation sites (tertiary alicyclic amines) is 2. The van der Waals surface area contributed by atoms with E-state index in [0.29, 0.717) is 42.0 Å². The number of rotatable bonds is 4. The standard InChI is InChI=1S/C28H34N6O2/c1-18-8-13-32(14-9-18)27(35)21-10-15-33(16-11-21)28(36)22-17-23(20-6-7-20)30-26-25(22)19(2)31-34(26)24-5-3-4-12-29-24/h3-5,12,17-18,20-21H,6-11,13-16H2,1-2H3. The second-order valence-corrected chi connectivity index (χ2v) is 10.8. The van der Waals surface area contributed by atoms with E-state index in [4.69, 9.17) is 10.1 Å². The molecule has 0 aromatic carbocycles. The average Bonchev–Trinajstić information content (AvgIpc) is 3.72. The van der Waals surface area contributed by atoms with Gasteiger partial charge in [0, 0.05) is 49.9 Å². The van der Waals surface area contributed by atoms with E-state index >= 15 is 0 Å². The maximum Gasteiger partial charge on any atom is 0.254 e. The number of aryl methyl sites for hydroxylation is 1. The molecule has 2 saturated heterocycles. The van der Waals surface area contributed by atoms with Crippen LogP contribution in [0.25, 0.3) is 16.9 Å². The first-order valence-electron chi connectivity index (χ1n) is 13.4. The van der Waals surface area contributed by atoms with E-state index in [9.17, 15) is 9.59 Å². The van der Waals surface area contributed by atoms with Crippen LogP contribution in [0.15, 0.2) is 30.5 Å². The predicted octanol–water partition coefficient (Wildman–Crippen LogP) is 4.11. The summed E-state index contributed by atoms with van der Waals surface area (Å²) in [5.74, 6) is 2.13. The summed E-state index contributed by atoms with van der Waals surface area (Å²) in [5.41, 5.74) is 3.12. The molecule has 3 aromatic heterocycles. The van der Waals surface area contributed by atoms with E-state index in [0.717, 1.165) is 68.4 Å². The summed E-state index contributed by atoms with van der Waals surface area (Å²) in [6.45, 7) is 7.15. The lowest BCUT2D eigenvalue weighted by Gasteiger charge is -2.36. The van der Waals surface area contributed by atoms with Crippen molar-refractivity contribution in [2.75, 3.05) is 26.2 Å². The van der Waals surface area contributed by atoms with Gasteiger partial charge in [0.15, 0.2) is 11.5 Å². The van der Waals surface area contributed by atoms with E-state index in [-0.39, 0.29) is 17.7 Å². The number of fused-ring (bicyclic) bond motifs is 1. The number of aromatic nitrogens is 4. The minimum atomic E-state index is 0.0191. The summed E-state index contributed by atoms with van der Waals surface area (Å²) >= 11 is 0. The Balaban J connectivity index is 1.25. The Morgan fingerprint density at radius 1 is 0.944 bits per heavy atom. The average molecular weight is 487 g/mol. The molecule has 1 saturated carbocycles. The molecule has 5 heterocycles. The van der Waals surface area contributed by atoms with Gasteiger partial charge in [0.05, 0.1) is 16.6 Å². The van der Waals surface area contributed by atoms with Crippen LogP contribution in [-0.4, -0.2) is 67.5 Å². The van der Waals surface area contributed by atoms with Gasteiger partial charge in [-0.25, -0.2) is 9.97 Å². The molecule has 2 amide bonds. The normalized spacial score (nSPS) is 19.7. The summed E-state index contributed by atoms with van der Waals surface area (Å²) in [4.78, 5) is 40.3. The number of carbonyl (C=O) groups excluding carboxylic acids is 2. The van der Waals surface area contributed by atoms with Crippen molar-refractivity contribution in [1.29, 1.82) is 0 Å². The zero-order chi connectivity index (χ0) is 24.8. The Morgan fingerprint density at radius 2 is 1.67 bits per heavy atom. The van der Waals surface area contributed by atoms with Gasteiger partial charge in [-0.2, -0.15) is 9.78 Å². The van der Waals surface area contributed by atoms with Gasteiger partial charge in [-0.1, -0.05) is 13.0 Å². The van der Waals surface area contributed by atoms with Crippen molar-refractivity contribution >= 4 is 22.8 Å². The lowest BCUT2D eigenvalue weighted by molar-refractivity contribution is -0.138. The molecule has 8 nitrogen and oxygen atoms in total. The minimum absolute atomic E-state index is 0.0191. The van der Waals surface area contributed by atoms with Crippen LogP contribution >= 0.6 is 0 Å². The van der Waals surface area contributed by atoms with Crippen molar-refractivity contribution < 1.29 is 9.59 Å². The third-order valence-electron chi connectivity index (χ3n) is 8.15. The smallest absolute Gasteiger partial charge is 0.254 e. The van der Waals surface area contributed by atoms with Crippen molar-refractivity contribution in [1.82, 2.24) is 29.5 Å². The van der Waals surface area contributed by atoms with E-state index < -0.39 is 0 Å². The first kappa shape index (κ1) is 23.1. The number of piperidine rings is 2. The lowest BCUT2D eigenvalue weighted by atomic mass is 9.92. The highest BCUT2D eigenvalue weighted by atomic mass is 16.2. The van der Waals surface area contributed by atoms with Crippen LogP contribution in [0, 0.1) is 18.8 Å². The Labute approximate surface area is 211 Å². The van der Waals surface area contributed by atoms with E-state index in [1.54, 1.807) is 10.9 Å². The second kappa shape index (κ2) is 9.30. The largest absolute Gasteiger partial charge is 0.342 e. The first-order valence-corrected chi connectivity index (χ1v) is 13.4. The number of hydrogen-bond acceptors (Lipinski definition) is 5. The van der Waals surface area contributed by atoms with Gasteiger partial charge >= 0.3 is 0 Å². The fourth-order valence-corrected chi connectivity index (χ4v) is 5.69. The Bertz CT molecular complexity index is 1280. The highest BCUT2D eigenvalue weighted by molar-refractivity contribution is 6.07. The molecular formula is C28H34N6O2. The summed E-state index contributed by atoms with van der Waals surface area (Å²) < 4.78 is 1.76. The van der Waals surface area contributed by atoms with Gasteiger partial charge in [0.25, 0.3) is 5.91 Å². The molecule has 0 N–H and O–H groups in total. The zero-order valence-corrected chi connectivity index (χ0v) is 21.2. The quantitative estimate of drug-likeness (QED) is 0.554. The third kappa shape index (κ3) is 4.27. The molecule has 0 atom stereocenters. The SMILES string of the molecule is Cc1nn(-c2ccccn2)c2nc(C3CC3)cc(C(=O)N3CCC(C(=O)N4CCC(C)CC4)CC3)c12. The number of hydrogen-bond donors (Lipinski definition) is 0. The Hall–Kier alpha value is -3.29. The number of pyridine rings is 2. The fourth-order valence-electron chi connectivity index (χ4n) is 5.69. The molecule has 3 aliphatic rings. The molecule has 6 rings (SSSR count). The van der Waals surface area contributed by atoms with Gasteiger partial charge < -0.3 is 9.80 Å². The number of carbonyl (C=O) groups is 2. The maximum absolute atomic E-state index is 13.9. The number of nitrogens with zero attached hydrogens (tertiary/aromatic N) is 6. The zero-order valence-electron chi connectivity index (χ0n) is 21.2.